The summed E-state index contributed by atoms with van der Waals surface area (Å²) in [4.78, 5) is 26.2. The lowest BCUT2D eigenvalue weighted by Crippen LogP contribution is -2.37. The molecule has 162 valence electrons. The molecule has 2 aromatic rings. The Kier molecular flexibility index (Phi) is 5.45. The maximum Gasteiger partial charge on any atom is 0.245 e. The molecule has 0 fully saturated rings. The lowest BCUT2D eigenvalue weighted by atomic mass is 9.93. The van der Waals surface area contributed by atoms with E-state index in [1.807, 2.05) is 71.8 Å². The minimum Gasteiger partial charge on any atom is -0.350 e. The predicted molar refractivity (Wildman–Crippen MR) is 126 cm³/mol. The first-order valence-corrected chi connectivity index (χ1v) is 10.9. The van der Waals surface area contributed by atoms with E-state index in [4.69, 9.17) is 0 Å². The Morgan fingerprint density at radius 3 is 2.58 bits per heavy atom. The van der Waals surface area contributed by atoms with Crippen molar-refractivity contribution in [2.75, 3.05) is 0 Å². The van der Waals surface area contributed by atoms with E-state index in [0.717, 1.165) is 28.7 Å². The van der Waals surface area contributed by atoms with Gasteiger partial charge in [0.2, 0.25) is 11.7 Å². The molecule has 0 bridgehead atoms. The number of hydrazone groups is 1. The summed E-state index contributed by atoms with van der Waals surface area (Å²) < 4.78 is 0. The first kappa shape index (κ1) is 20.7. The van der Waals surface area contributed by atoms with Gasteiger partial charge in [0.25, 0.3) is 0 Å². The molecule has 2 unspecified atom stereocenters. The van der Waals surface area contributed by atoms with Gasteiger partial charge in [0, 0.05) is 12.1 Å². The minimum atomic E-state index is -1.46. The van der Waals surface area contributed by atoms with Gasteiger partial charge in [-0.1, -0.05) is 78.9 Å². The van der Waals surface area contributed by atoms with E-state index in [-0.39, 0.29) is 24.3 Å². The fraction of sp³-hybridized carbons (Fsp3) is 0.185. The zero-order chi connectivity index (χ0) is 22.8. The van der Waals surface area contributed by atoms with Gasteiger partial charge in [0.1, 0.15) is 11.8 Å². The molecule has 0 aromatic heterocycles. The molecule has 1 aliphatic heterocycles. The number of rotatable bonds is 6. The number of fused-ring (bicyclic) bond motifs is 3. The third kappa shape index (κ3) is 3.79. The summed E-state index contributed by atoms with van der Waals surface area (Å²) in [6.45, 7) is 0.248. The fourth-order valence-electron chi connectivity index (χ4n) is 4.46. The van der Waals surface area contributed by atoms with E-state index < -0.39 is 17.6 Å². The average molecular weight is 434 g/mol. The molecule has 0 saturated heterocycles. The SMILES string of the molecule is N#CC(C(=O)NCc1ccccc1)C(=O)C1=NN(C2C=CCC=C2)C2C1=Cc1ccccc12. The minimum absolute atomic E-state index is 0.101. The molecular weight excluding hydrogens is 412 g/mol. The van der Waals surface area contributed by atoms with Crippen LogP contribution in [0.5, 0.6) is 0 Å². The van der Waals surface area contributed by atoms with Gasteiger partial charge in [-0.15, -0.1) is 0 Å². The Balaban J connectivity index is 1.43. The second kappa shape index (κ2) is 8.71. The largest absolute Gasteiger partial charge is 0.350 e. The summed E-state index contributed by atoms with van der Waals surface area (Å²) in [6.07, 6.45) is 11.1. The Bertz CT molecular complexity index is 1250. The summed E-state index contributed by atoms with van der Waals surface area (Å²) in [5.41, 5.74) is 3.90. The van der Waals surface area contributed by atoms with Gasteiger partial charge in [-0.3, -0.25) is 14.6 Å². The van der Waals surface area contributed by atoms with Crippen LogP contribution >= 0.6 is 0 Å². The van der Waals surface area contributed by atoms with Crippen LogP contribution in [0, 0.1) is 17.2 Å². The number of hydrogen-bond acceptors (Lipinski definition) is 5. The number of benzene rings is 2. The van der Waals surface area contributed by atoms with Crippen LogP contribution in [0.2, 0.25) is 0 Å². The average Bonchev–Trinajstić information content (AvgIpc) is 3.42. The van der Waals surface area contributed by atoms with Crippen LogP contribution in [0.1, 0.15) is 29.2 Å². The molecule has 0 spiro atoms. The molecule has 0 saturated carbocycles. The number of allylic oxidation sites excluding steroid dienone is 2. The van der Waals surface area contributed by atoms with Gasteiger partial charge in [-0.2, -0.15) is 10.4 Å². The van der Waals surface area contributed by atoms with Crippen molar-refractivity contribution in [3.63, 3.8) is 0 Å². The van der Waals surface area contributed by atoms with Crippen LogP contribution in [0.4, 0.5) is 0 Å². The smallest absolute Gasteiger partial charge is 0.245 e. The number of hydrogen-bond donors (Lipinski definition) is 1. The molecule has 2 aliphatic carbocycles. The number of nitrogens with one attached hydrogen (secondary N) is 1. The van der Waals surface area contributed by atoms with Crippen LogP contribution in [-0.2, 0) is 16.1 Å². The zero-order valence-electron chi connectivity index (χ0n) is 17.9. The summed E-state index contributed by atoms with van der Waals surface area (Å²) >= 11 is 0. The van der Waals surface area contributed by atoms with Crippen LogP contribution < -0.4 is 5.32 Å². The molecule has 6 heteroatoms. The molecule has 1 heterocycles. The summed E-state index contributed by atoms with van der Waals surface area (Å²) in [7, 11) is 0. The molecule has 3 aliphatic rings. The van der Waals surface area contributed by atoms with E-state index in [2.05, 4.69) is 34.7 Å². The van der Waals surface area contributed by atoms with Crippen molar-refractivity contribution >= 4 is 23.5 Å². The number of ketones is 1. The van der Waals surface area contributed by atoms with Gasteiger partial charge < -0.3 is 5.32 Å². The van der Waals surface area contributed by atoms with E-state index in [1.165, 1.54) is 0 Å². The van der Waals surface area contributed by atoms with Crippen molar-refractivity contribution in [1.82, 2.24) is 10.3 Å². The van der Waals surface area contributed by atoms with Crippen LogP contribution in [0.25, 0.3) is 6.08 Å². The predicted octanol–water partition coefficient (Wildman–Crippen LogP) is 3.71. The number of Topliss-reactive ketones (excluding diaryl/α,β-unsaturated/α-hetero) is 1. The Labute approximate surface area is 192 Å². The molecule has 1 N–H and O–H groups in total. The van der Waals surface area contributed by atoms with Crippen LogP contribution in [0.3, 0.4) is 0 Å². The van der Waals surface area contributed by atoms with Crippen LogP contribution in [0.15, 0.2) is 89.6 Å². The molecule has 33 heavy (non-hydrogen) atoms. The van der Waals surface area contributed by atoms with Crippen molar-refractivity contribution in [3.05, 3.63) is 101 Å². The number of nitrogens with zero attached hydrogens (tertiary/aromatic N) is 3. The van der Waals surface area contributed by atoms with Gasteiger partial charge >= 0.3 is 0 Å². The monoisotopic (exact) mass is 434 g/mol. The molecule has 2 aromatic carbocycles. The molecule has 2 atom stereocenters. The molecular formula is C27H22N4O2. The maximum absolute atomic E-state index is 13.4. The van der Waals surface area contributed by atoms with Crippen molar-refractivity contribution in [2.45, 2.75) is 25.0 Å². The lowest BCUT2D eigenvalue weighted by Gasteiger charge is -2.29. The Morgan fingerprint density at radius 1 is 1.09 bits per heavy atom. The topological polar surface area (TPSA) is 85.6 Å². The van der Waals surface area contributed by atoms with Crippen molar-refractivity contribution in [3.8, 4) is 6.07 Å². The number of amides is 1. The summed E-state index contributed by atoms with van der Waals surface area (Å²) in [5.74, 6) is -2.65. The molecule has 0 radical (unpaired) electrons. The number of nitriles is 1. The second-order valence-electron chi connectivity index (χ2n) is 8.17. The van der Waals surface area contributed by atoms with Crippen molar-refractivity contribution in [2.24, 2.45) is 11.0 Å². The lowest BCUT2D eigenvalue weighted by molar-refractivity contribution is -0.128. The van der Waals surface area contributed by atoms with Gasteiger partial charge in [0.05, 0.1) is 12.1 Å². The van der Waals surface area contributed by atoms with Gasteiger partial charge in [0.15, 0.2) is 5.92 Å². The number of carbonyl (C=O) groups is 2. The Morgan fingerprint density at radius 2 is 1.82 bits per heavy atom. The van der Waals surface area contributed by atoms with Crippen molar-refractivity contribution in [1.29, 1.82) is 5.26 Å². The highest BCUT2D eigenvalue weighted by Gasteiger charge is 2.45. The molecule has 6 nitrogen and oxygen atoms in total. The summed E-state index contributed by atoms with van der Waals surface area (Å²) in [5, 5.41) is 19.0. The third-order valence-electron chi connectivity index (χ3n) is 6.09. The van der Waals surface area contributed by atoms with Crippen LogP contribution in [-0.4, -0.2) is 28.5 Å². The fourth-order valence-corrected chi connectivity index (χ4v) is 4.46. The zero-order valence-corrected chi connectivity index (χ0v) is 17.9. The van der Waals surface area contributed by atoms with E-state index in [1.54, 1.807) is 0 Å². The second-order valence-corrected chi connectivity index (χ2v) is 8.17. The highest BCUT2D eigenvalue weighted by Crippen LogP contribution is 2.45. The van der Waals surface area contributed by atoms with E-state index >= 15 is 0 Å². The Hall–Kier alpha value is -4.24. The molecule has 1 amide bonds. The van der Waals surface area contributed by atoms with E-state index in [9.17, 15) is 14.9 Å². The quantitative estimate of drug-likeness (QED) is 0.555. The van der Waals surface area contributed by atoms with E-state index in [0.29, 0.717) is 0 Å². The molecule has 5 rings (SSSR count). The standard InChI is InChI=1S/C27H22N4O2/c28-16-23(27(33)29-17-18-9-3-1-4-10-18)26(32)24-22-15-19-11-7-8-14-21(19)25(22)31(30-24)20-12-5-2-6-13-20/h1,3-15,20,23,25H,2,17H2,(H,29,33). The summed E-state index contributed by atoms with van der Waals surface area (Å²) in [6, 6.07) is 18.9. The van der Waals surface area contributed by atoms with Gasteiger partial charge in [-0.25, -0.2) is 0 Å². The highest BCUT2D eigenvalue weighted by atomic mass is 16.2. The first-order chi connectivity index (χ1) is 16.2. The van der Waals surface area contributed by atoms with Crippen molar-refractivity contribution < 1.29 is 9.59 Å². The third-order valence-corrected chi connectivity index (χ3v) is 6.09. The van der Waals surface area contributed by atoms with Gasteiger partial charge in [-0.05, 0) is 29.2 Å². The maximum atomic E-state index is 13.4. The normalized spacial score (nSPS) is 19.2. The first-order valence-electron chi connectivity index (χ1n) is 10.9. The highest BCUT2D eigenvalue weighted by molar-refractivity contribution is 6.51. The number of carbonyl (C=O) groups excluding carboxylic acids is 2.